The second-order valence-corrected chi connectivity index (χ2v) is 10.7. The quantitative estimate of drug-likeness (QED) is 0.389. The summed E-state index contributed by atoms with van der Waals surface area (Å²) in [6, 6.07) is 22.7. The predicted octanol–water partition coefficient (Wildman–Crippen LogP) is 5.49. The number of likely N-dealkylation sites (tertiary alicyclic amines) is 1. The molecular formula is C32H36ClF2N3O4. The van der Waals surface area contributed by atoms with Crippen molar-refractivity contribution in [3.63, 3.8) is 0 Å². The molecule has 0 saturated carbocycles. The molecule has 2 heterocycles. The monoisotopic (exact) mass is 599 g/mol. The number of hydrogen-bond donors (Lipinski definition) is 1. The summed E-state index contributed by atoms with van der Waals surface area (Å²) in [5.74, 6) is -2.00. The van der Waals surface area contributed by atoms with Gasteiger partial charge in [-0.15, -0.1) is 12.4 Å². The molecule has 224 valence electrons. The average molecular weight is 600 g/mol. The van der Waals surface area contributed by atoms with E-state index in [1.165, 1.54) is 13.2 Å². The van der Waals surface area contributed by atoms with Crippen LogP contribution in [0.25, 0.3) is 0 Å². The van der Waals surface area contributed by atoms with Crippen LogP contribution >= 0.6 is 12.4 Å². The van der Waals surface area contributed by atoms with Gasteiger partial charge in [0.05, 0.1) is 25.8 Å². The van der Waals surface area contributed by atoms with E-state index in [-0.39, 0.29) is 31.5 Å². The molecule has 1 atom stereocenters. The topological polar surface area (TPSA) is 71.1 Å². The number of alkyl carbamates (subject to hydrolysis) is 1. The highest BCUT2D eigenvalue weighted by molar-refractivity contribution is 5.94. The minimum atomic E-state index is -1.00. The fourth-order valence-electron chi connectivity index (χ4n) is 5.96. The van der Waals surface area contributed by atoms with Crippen LogP contribution in [0.5, 0.6) is 0 Å². The van der Waals surface area contributed by atoms with Crippen molar-refractivity contribution in [2.24, 2.45) is 0 Å². The molecule has 2 amide bonds. The SMILES string of the molecule is COC(=O)NC1(c2ccccc2)CCN(CCC2(c3ccc(F)c(F)c3)CN(C(=O)c3ccccc3)CCO2)CC1.Cl. The summed E-state index contributed by atoms with van der Waals surface area (Å²) in [6.07, 6.45) is 1.34. The van der Waals surface area contributed by atoms with E-state index in [0.29, 0.717) is 56.6 Å². The van der Waals surface area contributed by atoms with Crippen LogP contribution in [0.3, 0.4) is 0 Å². The van der Waals surface area contributed by atoms with Crippen molar-refractivity contribution in [2.45, 2.75) is 30.4 Å². The molecule has 1 N–H and O–H groups in total. The number of nitrogens with zero attached hydrogens (tertiary/aromatic N) is 2. The van der Waals surface area contributed by atoms with Crippen LogP contribution in [0.4, 0.5) is 13.6 Å². The number of ether oxygens (including phenoxy) is 2. The number of halogens is 3. The highest BCUT2D eigenvalue weighted by atomic mass is 35.5. The molecule has 2 fully saturated rings. The van der Waals surface area contributed by atoms with Crippen molar-refractivity contribution in [1.82, 2.24) is 15.1 Å². The van der Waals surface area contributed by atoms with Gasteiger partial charge in [-0.2, -0.15) is 0 Å². The molecule has 0 aliphatic carbocycles. The Labute approximate surface area is 251 Å². The van der Waals surface area contributed by atoms with E-state index < -0.39 is 28.9 Å². The Balaban J connectivity index is 0.00000405. The van der Waals surface area contributed by atoms with Gasteiger partial charge in [0, 0.05) is 31.7 Å². The Morgan fingerprint density at radius 2 is 1.57 bits per heavy atom. The van der Waals surface area contributed by atoms with Gasteiger partial charge in [0.25, 0.3) is 5.91 Å². The number of rotatable bonds is 7. The summed E-state index contributed by atoms with van der Waals surface area (Å²) < 4.78 is 39.6. The van der Waals surface area contributed by atoms with Gasteiger partial charge in [0.1, 0.15) is 5.60 Å². The Hall–Kier alpha value is -3.53. The number of piperidine rings is 1. The first-order chi connectivity index (χ1) is 19.8. The number of morpholine rings is 1. The van der Waals surface area contributed by atoms with Crippen LogP contribution < -0.4 is 5.32 Å². The lowest BCUT2D eigenvalue weighted by Crippen LogP contribution is -2.55. The Kier molecular flexibility index (Phi) is 10.2. The number of nitrogens with one attached hydrogen (secondary N) is 1. The van der Waals surface area contributed by atoms with E-state index >= 15 is 0 Å². The smallest absolute Gasteiger partial charge is 0.407 e. The molecule has 42 heavy (non-hydrogen) atoms. The van der Waals surface area contributed by atoms with Crippen molar-refractivity contribution < 1.29 is 27.8 Å². The number of amides is 2. The van der Waals surface area contributed by atoms with Gasteiger partial charge >= 0.3 is 6.09 Å². The minimum absolute atomic E-state index is 0. The standard InChI is InChI=1S/C32H35F2N3O4.ClH/c1-40-30(39)35-31(25-10-6-3-7-11-25)14-17-36(18-15-31)19-16-32(26-12-13-27(33)28(34)22-26)23-37(20-21-41-32)29(38)24-8-4-2-5-9-24;/h2-13,22H,14-21,23H2,1H3,(H,35,39);1H. The van der Waals surface area contributed by atoms with Gasteiger partial charge < -0.3 is 24.6 Å². The maximum Gasteiger partial charge on any atom is 0.407 e. The van der Waals surface area contributed by atoms with Gasteiger partial charge in [0.2, 0.25) is 0 Å². The molecular weight excluding hydrogens is 564 g/mol. The van der Waals surface area contributed by atoms with E-state index in [4.69, 9.17) is 9.47 Å². The normalized spacial score (nSPS) is 20.3. The Morgan fingerprint density at radius 1 is 0.905 bits per heavy atom. The summed E-state index contributed by atoms with van der Waals surface area (Å²) in [7, 11) is 1.36. The summed E-state index contributed by atoms with van der Waals surface area (Å²) >= 11 is 0. The average Bonchev–Trinajstić information content (AvgIpc) is 3.02. The second kappa shape index (κ2) is 13.6. The van der Waals surface area contributed by atoms with Crippen LogP contribution in [-0.4, -0.2) is 68.2 Å². The molecule has 0 radical (unpaired) electrons. The Morgan fingerprint density at radius 3 is 2.21 bits per heavy atom. The third-order valence-electron chi connectivity index (χ3n) is 8.33. The van der Waals surface area contributed by atoms with Crippen LogP contribution in [0.15, 0.2) is 78.9 Å². The third kappa shape index (κ3) is 6.75. The first kappa shape index (κ1) is 31.4. The second-order valence-electron chi connectivity index (χ2n) is 10.7. The maximum atomic E-state index is 14.4. The molecule has 0 bridgehead atoms. The molecule has 2 saturated heterocycles. The lowest BCUT2D eigenvalue weighted by molar-refractivity contribution is -0.114. The number of hydrogen-bond acceptors (Lipinski definition) is 5. The van der Waals surface area contributed by atoms with Crippen molar-refractivity contribution in [3.05, 3.63) is 107 Å². The molecule has 5 rings (SSSR count). The van der Waals surface area contributed by atoms with Gasteiger partial charge in [-0.3, -0.25) is 4.79 Å². The van der Waals surface area contributed by atoms with Crippen molar-refractivity contribution in [3.8, 4) is 0 Å². The van der Waals surface area contributed by atoms with Crippen LogP contribution in [0.1, 0.15) is 40.7 Å². The van der Waals surface area contributed by atoms with E-state index in [1.807, 2.05) is 48.5 Å². The summed E-state index contributed by atoms with van der Waals surface area (Å²) in [5, 5.41) is 3.07. The van der Waals surface area contributed by atoms with Crippen LogP contribution in [-0.2, 0) is 20.6 Å². The van der Waals surface area contributed by atoms with Gasteiger partial charge in [0.15, 0.2) is 11.6 Å². The molecule has 10 heteroatoms. The Bertz CT molecular complexity index is 1360. The largest absolute Gasteiger partial charge is 0.453 e. The van der Waals surface area contributed by atoms with E-state index in [0.717, 1.165) is 11.6 Å². The number of methoxy groups -OCH3 is 1. The zero-order chi connectivity index (χ0) is 28.9. The first-order valence-electron chi connectivity index (χ1n) is 13.9. The van der Waals surface area contributed by atoms with E-state index in [1.54, 1.807) is 23.1 Å². The molecule has 0 aromatic heterocycles. The first-order valence-corrected chi connectivity index (χ1v) is 13.9. The molecule has 1 unspecified atom stereocenters. The van der Waals surface area contributed by atoms with Gasteiger partial charge in [-0.1, -0.05) is 54.6 Å². The summed E-state index contributed by atoms with van der Waals surface area (Å²) in [6.45, 7) is 2.89. The number of carbonyl (C=O) groups excluding carboxylic acids is 2. The lowest BCUT2D eigenvalue weighted by atomic mass is 9.80. The summed E-state index contributed by atoms with van der Waals surface area (Å²) in [4.78, 5) is 29.6. The van der Waals surface area contributed by atoms with Crippen molar-refractivity contribution >= 4 is 24.4 Å². The zero-order valence-electron chi connectivity index (χ0n) is 23.6. The number of carbonyl (C=O) groups is 2. The molecule has 3 aromatic rings. The fourth-order valence-corrected chi connectivity index (χ4v) is 5.96. The minimum Gasteiger partial charge on any atom is -0.453 e. The number of benzene rings is 3. The molecule has 2 aliphatic heterocycles. The van der Waals surface area contributed by atoms with Gasteiger partial charge in [-0.25, -0.2) is 13.6 Å². The van der Waals surface area contributed by atoms with E-state index in [9.17, 15) is 18.4 Å². The molecule has 0 spiro atoms. The van der Waals surface area contributed by atoms with Crippen LogP contribution in [0, 0.1) is 11.6 Å². The fraction of sp³-hybridized carbons (Fsp3) is 0.375. The van der Waals surface area contributed by atoms with Crippen molar-refractivity contribution in [2.75, 3.05) is 46.4 Å². The summed E-state index contributed by atoms with van der Waals surface area (Å²) in [5.41, 5.74) is 0.539. The van der Waals surface area contributed by atoms with Crippen molar-refractivity contribution in [1.29, 1.82) is 0 Å². The predicted molar refractivity (Wildman–Crippen MR) is 158 cm³/mol. The third-order valence-corrected chi connectivity index (χ3v) is 8.33. The van der Waals surface area contributed by atoms with E-state index in [2.05, 4.69) is 10.2 Å². The highest BCUT2D eigenvalue weighted by Crippen LogP contribution is 2.37. The molecule has 3 aromatic carbocycles. The maximum absolute atomic E-state index is 14.4. The lowest BCUT2D eigenvalue weighted by Gasteiger charge is -2.46. The van der Waals surface area contributed by atoms with Crippen LogP contribution in [0.2, 0.25) is 0 Å². The highest BCUT2D eigenvalue weighted by Gasteiger charge is 2.42. The molecule has 7 nitrogen and oxygen atoms in total. The molecule has 2 aliphatic rings. The zero-order valence-corrected chi connectivity index (χ0v) is 24.4. The van der Waals surface area contributed by atoms with Gasteiger partial charge in [-0.05, 0) is 54.7 Å².